The van der Waals surface area contributed by atoms with E-state index in [1.165, 1.54) is 18.5 Å². The lowest BCUT2D eigenvalue weighted by Crippen LogP contribution is -2.55. The number of nitrogens with one attached hydrogen (secondary N) is 1. The second-order valence-corrected chi connectivity index (χ2v) is 5.20. The first-order chi connectivity index (χ1) is 7.83. The van der Waals surface area contributed by atoms with Gasteiger partial charge in [-0.25, -0.2) is 4.98 Å². The Labute approximate surface area is 102 Å². The number of aromatic nitrogens is 1. The van der Waals surface area contributed by atoms with E-state index in [-0.39, 0.29) is 0 Å². The van der Waals surface area contributed by atoms with Crippen LogP contribution in [0.2, 0.25) is 0 Å². The van der Waals surface area contributed by atoms with Crippen LogP contribution in [0.1, 0.15) is 32.4 Å². The average molecular weight is 239 g/mol. The lowest BCUT2D eigenvalue weighted by Gasteiger charge is -2.39. The van der Waals surface area contributed by atoms with E-state index < -0.39 is 0 Å². The van der Waals surface area contributed by atoms with Crippen molar-refractivity contribution in [1.82, 2.24) is 15.2 Å². The van der Waals surface area contributed by atoms with Gasteiger partial charge in [-0.1, -0.05) is 13.8 Å². The third-order valence-corrected chi connectivity index (χ3v) is 4.06. The van der Waals surface area contributed by atoms with Crippen molar-refractivity contribution in [2.45, 2.75) is 45.3 Å². The van der Waals surface area contributed by atoms with Gasteiger partial charge in [0.2, 0.25) is 0 Å². The Kier molecular flexibility index (Phi) is 4.32. The standard InChI is InChI=1S/C12H21N3S/c1-3-10-6-15(12(4-2)5-13-10)7-11-8-16-9-14-11/h8-10,12-13H,3-7H2,1-2H3. The van der Waals surface area contributed by atoms with Crippen molar-refractivity contribution < 1.29 is 0 Å². The highest BCUT2D eigenvalue weighted by atomic mass is 32.1. The molecule has 2 atom stereocenters. The first kappa shape index (κ1) is 12.0. The molecule has 0 radical (unpaired) electrons. The van der Waals surface area contributed by atoms with E-state index in [9.17, 15) is 0 Å². The summed E-state index contributed by atoms with van der Waals surface area (Å²) in [4.78, 5) is 6.97. The highest BCUT2D eigenvalue weighted by molar-refractivity contribution is 7.07. The van der Waals surface area contributed by atoms with Crippen LogP contribution in [0.3, 0.4) is 0 Å². The van der Waals surface area contributed by atoms with Crippen LogP contribution in [-0.2, 0) is 6.54 Å². The highest BCUT2D eigenvalue weighted by Gasteiger charge is 2.25. The Morgan fingerprint density at radius 1 is 1.50 bits per heavy atom. The molecule has 1 aromatic rings. The van der Waals surface area contributed by atoms with E-state index >= 15 is 0 Å². The van der Waals surface area contributed by atoms with E-state index in [2.05, 4.69) is 34.4 Å². The molecular weight excluding hydrogens is 218 g/mol. The molecule has 2 unspecified atom stereocenters. The lowest BCUT2D eigenvalue weighted by molar-refractivity contribution is 0.116. The molecule has 16 heavy (non-hydrogen) atoms. The minimum absolute atomic E-state index is 0.654. The molecular formula is C12H21N3S. The van der Waals surface area contributed by atoms with Gasteiger partial charge in [0.25, 0.3) is 0 Å². The van der Waals surface area contributed by atoms with Gasteiger partial charge in [0.1, 0.15) is 0 Å². The Morgan fingerprint density at radius 3 is 3.00 bits per heavy atom. The summed E-state index contributed by atoms with van der Waals surface area (Å²) in [6.07, 6.45) is 2.43. The van der Waals surface area contributed by atoms with E-state index in [1.807, 2.05) is 5.51 Å². The molecule has 1 fully saturated rings. The molecule has 90 valence electrons. The molecule has 0 amide bonds. The maximum absolute atomic E-state index is 4.39. The number of hydrogen-bond donors (Lipinski definition) is 1. The first-order valence-corrected chi connectivity index (χ1v) is 7.12. The SMILES string of the molecule is CCC1CN(Cc2cscn2)C(CC)CN1. The summed E-state index contributed by atoms with van der Waals surface area (Å²) in [5, 5.41) is 5.78. The number of piperazine rings is 1. The van der Waals surface area contributed by atoms with Gasteiger partial charge in [-0.2, -0.15) is 0 Å². The molecule has 0 aromatic carbocycles. The third-order valence-electron chi connectivity index (χ3n) is 3.43. The number of rotatable bonds is 4. The van der Waals surface area contributed by atoms with Crippen LogP contribution in [0.5, 0.6) is 0 Å². The third kappa shape index (κ3) is 2.81. The Hall–Kier alpha value is -0.450. The number of nitrogens with zero attached hydrogens (tertiary/aromatic N) is 2. The molecule has 4 heteroatoms. The highest BCUT2D eigenvalue weighted by Crippen LogP contribution is 2.15. The van der Waals surface area contributed by atoms with Crippen molar-refractivity contribution in [2.24, 2.45) is 0 Å². The fraction of sp³-hybridized carbons (Fsp3) is 0.750. The molecule has 1 aliphatic rings. The molecule has 2 rings (SSSR count). The summed E-state index contributed by atoms with van der Waals surface area (Å²) in [7, 11) is 0. The van der Waals surface area contributed by atoms with Crippen LogP contribution in [0.4, 0.5) is 0 Å². The predicted molar refractivity (Wildman–Crippen MR) is 68.7 cm³/mol. The average Bonchev–Trinajstić information content (AvgIpc) is 2.82. The molecule has 2 heterocycles. The Bertz CT molecular complexity index is 299. The Morgan fingerprint density at radius 2 is 2.38 bits per heavy atom. The minimum atomic E-state index is 0.654. The summed E-state index contributed by atoms with van der Waals surface area (Å²) in [5.74, 6) is 0. The van der Waals surface area contributed by atoms with E-state index in [1.54, 1.807) is 11.3 Å². The van der Waals surface area contributed by atoms with Gasteiger partial charge in [-0.3, -0.25) is 4.90 Å². The molecule has 1 saturated heterocycles. The summed E-state index contributed by atoms with van der Waals surface area (Å²) < 4.78 is 0. The molecule has 0 spiro atoms. The van der Waals surface area contributed by atoms with Crippen LogP contribution >= 0.6 is 11.3 Å². The van der Waals surface area contributed by atoms with Crippen LogP contribution in [-0.4, -0.2) is 35.1 Å². The van der Waals surface area contributed by atoms with Crippen molar-refractivity contribution in [3.63, 3.8) is 0 Å². The van der Waals surface area contributed by atoms with Gasteiger partial charge in [0.15, 0.2) is 0 Å². The van der Waals surface area contributed by atoms with Crippen molar-refractivity contribution in [1.29, 1.82) is 0 Å². The van der Waals surface area contributed by atoms with Crippen molar-refractivity contribution in [3.8, 4) is 0 Å². The van der Waals surface area contributed by atoms with Gasteiger partial charge >= 0.3 is 0 Å². The molecule has 1 aromatic heterocycles. The monoisotopic (exact) mass is 239 g/mol. The van der Waals surface area contributed by atoms with E-state index in [4.69, 9.17) is 0 Å². The number of thiazole rings is 1. The van der Waals surface area contributed by atoms with E-state index in [0.29, 0.717) is 12.1 Å². The molecule has 1 aliphatic heterocycles. The normalized spacial score (nSPS) is 27.1. The predicted octanol–water partition coefficient (Wildman–Crippen LogP) is 2.11. The van der Waals surface area contributed by atoms with Gasteiger partial charge in [-0.05, 0) is 12.8 Å². The number of hydrogen-bond acceptors (Lipinski definition) is 4. The fourth-order valence-electron chi connectivity index (χ4n) is 2.32. The molecule has 0 aliphatic carbocycles. The van der Waals surface area contributed by atoms with E-state index in [0.717, 1.165) is 19.6 Å². The largest absolute Gasteiger partial charge is 0.311 e. The first-order valence-electron chi connectivity index (χ1n) is 6.18. The zero-order chi connectivity index (χ0) is 11.4. The minimum Gasteiger partial charge on any atom is -0.311 e. The van der Waals surface area contributed by atoms with Crippen LogP contribution in [0.25, 0.3) is 0 Å². The van der Waals surface area contributed by atoms with Crippen LogP contribution in [0, 0.1) is 0 Å². The van der Waals surface area contributed by atoms with Crippen molar-refractivity contribution in [2.75, 3.05) is 13.1 Å². The lowest BCUT2D eigenvalue weighted by atomic mass is 10.1. The maximum Gasteiger partial charge on any atom is 0.0795 e. The quantitative estimate of drug-likeness (QED) is 0.872. The van der Waals surface area contributed by atoms with Gasteiger partial charge in [-0.15, -0.1) is 11.3 Å². The second-order valence-electron chi connectivity index (χ2n) is 4.48. The summed E-state index contributed by atoms with van der Waals surface area (Å²) >= 11 is 1.69. The second kappa shape index (κ2) is 5.75. The van der Waals surface area contributed by atoms with Crippen LogP contribution < -0.4 is 5.32 Å². The zero-order valence-corrected chi connectivity index (χ0v) is 11.0. The Balaban J connectivity index is 1.97. The summed E-state index contributed by atoms with van der Waals surface area (Å²) in [5.41, 5.74) is 3.15. The van der Waals surface area contributed by atoms with Crippen LogP contribution in [0.15, 0.2) is 10.9 Å². The molecule has 3 nitrogen and oxygen atoms in total. The summed E-state index contributed by atoms with van der Waals surface area (Å²) in [6.45, 7) is 7.82. The van der Waals surface area contributed by atoms with Gasteiger partial charge in [0.05, 0.1) is 11.2 Å². The molecule has 0 bridgehead atoms. The fourth-order valence-corrected chi connectivity index (χ4v) is 2.87. The topological polar surface area (TPSA) is 28.2 Å². The molecule has 1 N–H and O–H groups in total. The zero-order valence-electron chi connectivity index (χ0n) is 10.1. The van der Waals surface area contributed by atoms with Crippen molar-refractivity contribution >= 4 is 11.3 Å². The van der Waals surface area contributed by atoms with Crippen molar-refractivity contribution in [3.05, 3.63) is 16.6 Å². The molecule has 0 saturated carbocycles. The summed E-state index contributed by atoms with van der Waals surface area (Å²) in [6, 6.07) is 1.32. The van der Waals surface area contributed by atoms with Gasteiger partial charge < -0.3 is 5.32 Å². The maximum atomic E-state index is 4.39. The van der Waals surface area contributed by atoms with Gasteiger partial charge in [0, 0.05) is 37.1 Å². The smallest absolute Gasteiger partial charge is 0.0795 e.